The van der Waals surface area contributed by atoms with Gasteiger partial charge in [0.2, 0.25) is 0 Å². The molecule has 1 aromatic rings. The number of aliphatic hydroxyl groups is 1. The molecule has 116 valence electrons. The number of carbonyl (C=O) groups is 2. The average molecular weight is 295 g/mol. The highest BCUT2D eigenvalue weighted by Crippen LogP contribution is 2.01. The maximum absolute atomic E-state index is 11.8. The highest BCUT2D eigenvalue weighted by molar-refractivity contribution is 5.85. The second-order valence-corrected chi connectivity index (χ2v) is 4.72. The lowest BCUT2D eigenvalue weighted by molar-refractivity contribution is 0.0690. The lowest BCUT2D eigenvalue weighted by Crippen LogP contribution is -2.37. The molecule has 0 unspecified atom stereocenters. The van der Waals surface area contributed by atoms with Crippen LogP contribution in [0.3, 0.4) is 0 Å². The average Bonchev–Trinajstić information content (AvgIpc) is 2.49. The number of unbranched alkanes of at least 4 members (excludes halogenated alkanes) is 2. The van der Waals surface area contributed by atoms with Gasteiger partial charge in [-0.05, 0) is 30.9 Å². The summed E-state index contributed by atoms with van der Waals surface area (Å²) in [5, 5.41) is 20.1. The van der Waals surface area contributed by atoms with Crippen molar-refractivity contribution in [2.45, 2.75) is 25.8 Å². The van der Waals surface area contributed by atoms with E-state index in [1.54, 1.807) is 18.0 Å². The maximum Gasteiger partial charge on any atom is 0.354 e. The highest BCUT2D eigenvalue weighted by Gasteiger charge is 2.08. The number of rotatable bonds is 8. The molecule has 1 aromatic heterocycles. The molecule has 0 fully saturated rings. The quantitative estimate of drug-likeness (QED) is 0.623. The summed E-state index contributed by atoms with van der Waals surface area (Å²) >= 11 is 0. The minimum absolute atomic E-state index is 0.0222. The van der Waals surface area contributed by atoms with Gasteiger partial charge in [0.05, 0.1) is 0 Å². The molecule has 1 heterocycles. The predicted octanol–water partition coefficient (Wildman–Crippen LogP) is 1.08. The zero-order valence-corrected chi connectivity index (χ0v) is 12.1. The van der Waals surface area contributed by atoms with Crippen LogP contribution in [-0.4, -0.2) is 52.3 Å². The van der Waals surface area contributed by atoms with Crippen LogP contribution in [0.1, 0.15) is 35.3 Å². The van der Waals surface area contributed by atoms with Crippen molar-refractivity contribution in [1.29, 1.82) is 0 Å². The van der Waals surface area contributed by atoms with Crippen LogP contribution in [0.4, 0.5) is 4.79 Å². The van der Waals surface area contributed by atoms with Crippen LogP contribution in [-0.2, 0) is 6.54 Å². The Morgan fingerprint density at radius 1 is 1.29 bits per heavy atom. The van der Waals surface area contributed by atoms with E-state index < -0.39 is 5.97 Å². The van der Waals surface area contributed by atoms with Gasteiger partial charge in [-0.25, -0.2) is 14.6 Å². The molecule has 0 bridgehead atoms. The molecule has 0 spiro atoms. The standard InChI is InChI=1S/C14H21N3O4/c1-17(7-3-2-4-8-18)14(21)16-10-11-5-6-12(13(19)20)15-9-11/h5-6,9,18H,2-4,7-8,10H2,1H3,(H,16,21)(H,19,20). The lowest BCUT2D eigenvalue weighted by atomic mass is 10.2. The van der Waals surface area contributed by atoms with Gasteiger partial charge < -0.3 is 20.4 Å². The van der Waals surface area contributed by atoms with Gasteiger partial charge in [0.25, 0.3) is 0 Å². The second-order valence-electron chi connectivity index (χ2n) is 4.72. The fourth-order valence-electron chi connectivity index (χ4n) is 1.71. The molecule has 0 aromatic carbocycles. The minimum atomic E-state index is -1.08. The number of aromatic nitrogens is 1. The number of carboxylic acids is 1. The van der Waals surface area contributed by atoms with Gasteiger partial charge in [-0.2, -0.15) is 0 Å². The summed E-state index contributed by atoms with van der Waals surface area (Å²) in [6.07, 6.45) is 3.91. The molecule has 3 N–H and O–H groups in total. The van der Waals surface area contributed by atoms with Crippen molar-refractivity contribution in [2.24, 2.45) is 0 Å². The first-order chi connectivity index (χ1) is 10.0. The normalized spacial score (nSPS) is 10.2. The third-order valence-electron chi connectivity index (χ3n) is 2.99. The second kappa shape index (κ2) is 8.91. The first-order valence-corrected chi connectivity index (χ1v) is 6.82. The Hall–Kier alpha value is -2.15. The molecule has 0 aliphatic heterocycles. The summed E-state index contributed by atoms with van der Waals surface area (Å²) in [5.41, 5.74) is 0.716. The van der Waals surface area contributed by atoms with Crippen LogP contribution in [0.5, 0.6) is 0 Å². The molecule has 2 amide bonds. The molecule has 0 aliphatic rings. The molecule has 7 nitrogen and oxygen atoms in total. The predicted molar refractivity (Wildman–Crippen MR) is 77.0 cm³/mol. The van der Waals surface area contributed by atoms with Crippen LogP contribution in [0.15, 0.2) is 18.3 Å². The smallest absolute Gasteiger partial charge is 0.354 e. The zero-order chi connectivity index (χ0) is 15.7. The summed E-state index contributed by atoms with van der Waals surface area (Å²) < 4.78 is 0. The van der Waals surface area contributed by atoms with Gasteiger partial charge in [0.1, 0.15) is 5.69 Å². The number of nitrogens with zero attached hydrogens (tertiary/aromatic N) is 2. The molecule has 7 heteroatoms. The monoisotopic (exact) mass is 295 g/mol. The van der Waals surface area contributed by atoms with Crippen molar-refractivity contribution in [3.05, 3.63) is 29.6 Å². The van der Waals surface area contributed by atoms with Crippen molar-refractivity contribution < 1.29 is 19.8 Å². The van der Waals surface area contributed by atoms with E-state index in [0.29, 0.717) is 13.1 Å². The van der Waals surface area contributed by atoms with Crippen molar-refractivity contribution in [3.8, 4) is 0 Å². The Kier molecular flexibility index (Phi) is 7.17. The Balaban J connectivity index is 2.33. The molecule has 0 aliphatic carbocycles. The van der Waals surface area contributed by atoms with Gasteiger partial charge in [0, 0.05) is 32.9 Å². The number of aromatic carboxylic acids is 1. The van der Waals surface area contributed by atoms with Gasteiger partial charge in [0.15, 0.2) is 0 Å². The Labute approximate surface area is 123 Å². The maximum atomic E-state index is 11.8. The van der Waals surface area contributed by atoms with Crippen LogP contribution < -0.4 is 5.32 Å². The highest BCUT2D eigenvalue weighted by atomic mass is 16.4. The van der Waals surface area contributed by atoms with Crippen LogP contribution >= 0.6 is 0 Å². The lowest BCUT2D eigenvalue weighted by Gasteiger charge is -2.17. The Bertz CT molecular complexity index is 462. The van der Waals surface area contributed by atoms with E-state index in [1.165, 1.54) is 12.3 Å². The molecule has 21 heavy (non-hydrogen) atoms. The number of pyridine rings is 1. The fourth-order valence-corrected chi connectivity index (χ4v) is 1.71. The SMILES string of the molecule is CN(CCCCCO)C(=O)NCc1ccc(C(=O)O)nc1. The number of amides is 2. The number of nitrogens with one attached hydrogen (secondary N) is 1. The van der Waals surface area contributed by atoms with Gasteiger partial charge in [-0.15, -0.1) is 0 Å². The van der Waals surface area contributed by atoms with E-state index in [-0.39, 0.29) is 18.3 Å². The first kappa shape index (κ1) is 16.9. The number of carbonyl (C=O) groups excluding carboxylic acids is 1. The number of aliphatic hydroxyl groups excluding tert-OH is 1. The third kappa shape index (κ3) is 6.22. The van der Waals surface area contributed by atoms with Gasteiger partial charge >= 0.3 is 12.0 Å². The minimum Gasteiger partial charge on any atom is -0.477 e. The van der Waals surface area contributed by atoms with E-state index in [9.17, 15) is 9.59 Å². The number of hydrogen-bond acceptors (Lipinski definition) is 4. The van der Waals surface area contributed by atoms with E-state index in [4.69, 9.17) is 10.2 Å². The van der Waals surface area contributed by atoms with Gasteiger partial charge in [-0.3, -0.25) is 0 Å². The van der Waals surface area contributed by atoms with Crippen molar-refractivity contribution in [2.75, 3.05) is 20.2 Å². The number of urea groups is 1. The van der Waals surface area contributed by atoms with Gasteiger partial charge in [-0.1, -0.05) is 6.07 Å². The molecule has 0 saturated carbocycles. The van der Waals surface area contributed by atoms with Crippen molar-refractivity contribution >= 4 is 12.0 Å². The fraction of sp³-hybridized carbons (Fsp3) is 0.500. The molecule has 0 radical (unpaired) electrons. The summed E-state index contributed by atoms with van der Waals surface area (Å²) in [5.74, 6) is -1.08. The summed E-state index contributed by atoms with van der Waals surface area (Å²) in [4.78, 5) is 27.8. The van der Waals surface area contributed by atoms with E-state index in [0.717, 1.165) is 24.8 Å². The van der Waals surface area contributed by atoms with E-state index in [1.807, 2.05) is 0 Å². The molecular weight excluding hydrogens is 274 g/mol. The van der Waals surface area contributed by atoms with Crippen molar-refractivity contribution in [1.82, 2.24) is 15.2 Å². The molecule has 0 saturated heterocycles. The Morgan fingerprint density at radius 2 is 2.05 bits per heavy atom. The molecular formula is C14H21N3O4. The third-order valence-corrected chi connectivity index (χ3v) is 2.99. The summed E-state index contributed by atoms with van der Waals surface area (Å²) in [7, 11) is 1.71. The first-order valence-electron chi connectivity index (χ1n) is 6.82. The van der Waals surface area contributed by atoms with E-state index in [2.05, 4.69) is 10.3 Å². The summed E-state index contributed by atoms with van der Waals surface area (Å²) in [6.45, 7) is 1.10. The largest absolute Gasteiger partial charge is 0.477 e. The topological polar surface area (TPSA) is 103 Å². The van der Waals surface area contributed by atoms with Crippen LogP contribution in [0.25, 0.3) is 0 Å². The molecule has 1 rings (SSSR count). The zero-order valence-electron chi connectivity index (χ0n) is 12.1. The number of carboxylic acid groups (broad SMARTS) is 1. The Morgan fingerprint density at radius 3 is 2.62 bits per heavy atom. The summed E-state index contributed by atoms with van der Waals surface area (Å²) in [6, 6.07) is 2.83. The molecule has 0 atom stereocenters. The van der Waals surface area contributed by atoms with Crippen molar-refractivity contribution in [3.63, 3.8) is 0 Å². The number of hydrogen-bond donors (Lipinski definition) is 3. The van der Waals surface area contributed by atoms with E-state index >= 15 is 0 Å². The van der Waals surface area contributed by atoms with Crippen LogP contribution in [0, 0.1) is 0 Å². The van der Waals surface area contributed by atoms with Crippen LogP contribution in [0.2, 0.25) is 0 Å².